The van der Waals surface area contributed by atoms with Gasteiger partial charge in [-0.2, -0.15) is 0 Å². The summed E-state index contributed by atoms with van der Waals surface area (Å²) in [5.74, 6) is 1.16. The molecule has 0 aliphatic heterocycles. The lowest BCUT2D eigenvalue weighted by atomic mass is 10.2. The molecule has 0 radical (unpaired) electrons. The second kappa shape index (κ2) is 9.58. The van der Waals surface area contributed by atoms with Gasteiger partial charge in [-0.05, 0) is 18.6 Å². The van der Waals surface area contributed by atoms with Crippen LogP contribution in [0.3, 0.4) is 0 Å². The van der Waals surface area contributed by atoms with Gasteiger partial charge in [-0.1, -0.05) is 13.3 Å². The van der Waals surface area contributed by atoms with Crippen molar-refractivity contribution < 1.29 is 24.4 Å². The van der Waals surface area contributed by atoms with Crippen LogP contribution in [0.1, 0.15) is 25.3 Å². The van der Waals surface area contributed by atoms with Crippen molar-refractivity contribution in [3.05, 3.63) is 23.8 Å². The van der Waals surface area contributed by atoms with Crippen LogP contribution in [0.5, 0.6) is 11.5 Å². The highest BCUT2D eigenvalue weighted by Crippen LogP contribution is 2.25. The summed E-state index contributed by atoms with van der Waals surface area (Å²) in [5.41, 5.74) is 0.657. The van der Waals surface area contributed by atoms with Crippen molar-refractivity contribution in [1.82, 2.24) is 0 Å². The van der Waals surface area contributed by atoms with Gasteiger partial charge in [0.25, 0.3) is 0 Å². The van der Waals surface area contributed by atoms with Crippen molar-refractivity contribution in [2.45, 2.75) is 32.5 Å². The largest absolute Gasteiger partial charge is 0.497 e. The van der Waals surface area contributed by atoms with Crippen molar-refractivity contribution >= 4 is 0 Å². The number of benzene rings is 1. The Kier molecular flexibility index (Phi) is 8.02. The van der Waals surface area contributed by atoms with Gasteiger partial charge in [0.1, 0.15) is 24.2 Å². The monoisotopic (exact) mass is 284 g/mol. The average Bonchev–Trinajstić information content (AvgIpc) is 2.49. The Hall–Kier alpha value is -1.30. The number of aliphatic hydroxyl groups is 2. The maximum atomic E-state index is 9.76. The highest BCUT2D eigenvalue weighted by Gasteiger charge is 2.09. The Bertz CT molecular complexity index is 381. The second-order valence-corrected chi connectivity index (χ2v) is 4.53. The summed E-state index contributed by atoms with van der Waals surface area (Å²) in [6, 6.07) is 5.18. The summed E-state index contributed by atoms with van der Waals surface area (Å²) in [4.78, 5) is 0. The summed E-state index contributed by atoms with van der Waals surface area (Å²) < 4.78 is 15.9. The predicted molar refractivity (Wildman–Crippen MR) is 76.1 cm³/mol. The molecule has 0 aliphatic carbocycles. The van der Waals surface area contributed by atoms with Gasteiger partial charge in [0, 0.05) is 18.2 Å². The molecule has 1 rings (SSSR count). The maximum absolute atomic E-state index is 9.76. The van der Waals surface area contributed by atoms with E-state index >= 15 is 0 Å². The molecule has 0 heterocycles. The lowest BCUT2D eigenvalue weighted by molar-refractivity contribution is 0.0109. The smallest absolute Gasteiger partial charge is 0.128 e. The zero-order valence-electron chi connectivity index (χ0n) is 12.2. The van der Waals surface area contributed by atoms with E-state index in [-0.39, 0.29) is 19.8 Å². The van der Waals surface area contributed by atoms with Gasteiger partial charge in [-0.15, -0.1) is 0 Å². The first-order valence-corrected chi connectivity index (χ1v) is 6.87. The minimum absolute atomic E-state index is 0.117. The molecule has 2 N–H and O–H groups in total. The van der Waals surface area contributed by atoms with E-state index in [0.29, 0.717) is 23.7 Å². The first-order chi connectivity index (χ1) is 9.71. The molecule has 0 aliphatic rings. The first-order valence-electron chi connectivity index (χ1n) is 6.87. The lowest BCUT2D eigenvalue weighted by Gasteiger charge is -2.15. The Morgan fingerprint density at radius 3 is 2.70 bits per heavy atom. The van der Waals surface area contributed by atoms with Crippen molar-refractivity contribution in [3.63, 3.8) is 0 Å². The molecule has 5 nitrogen and oxygen atoms in total. The van der Waals surface area contributed by atoms with Crippen LogP contribution < -0.4 is 9.47 Å². The first kappa shape index (κ1) is 16.8. The number of aliphatic hydroxyl groups excluding tert-OH is 2. The van der Waals surface area contributed by atoms with Crippen LogP contribution in [0.4, 0.5) is 0 Å². The molecule has 0 aromatic heterocycles. The third kappa shape index (κ3) is 5.77. The molecular formula is C15H24O5. The van der Waals surface area contributed by atoms with Crippen molar-refractivity contribution in [3.8, 4) is 11.5 Å². The Morgan fingerprint density at radius 1 is 1.25 bits per heavy atom. The van der Waals surface area contributed by atoms with E-state index in [4.69, 9.17) is 14.2 Å². The molecule has 1 unspecified atom stereocenters. The fraction of sp³-hybridized carbons (Fsp3) is 0.600. The molecule has 1 aromatic carbocycles. The van der Waals surface area contributed by atoms with Gasteiger partial charge < -0.3 is 24.4 Å². The second-order valence-electron chi connectivity index (χ2n) is 4.53. The number of rotatable bonds is 10. The summed E-state index contributed by atoms with van der Waals surface area (Å²) in [7, 11) is 1.56. The molecule has 5 heteroatoms. The summed E-state index contributed by atoms with van der Waals surface area (Å²) >= 11 is 0. The van der Waals surface area contributed by atoms with E-state index in [0.717, 1.165) is 12.8 Å². The quantitative estimate of drug-likeness (QED) is 0.641. The number of hydrogen-bond acceptors (Lipinski definition) is 5. The zero-order chi connectivity index (χ0) is 14.8. The van der Waals surface area contributed by atoms with Crippen LogP contribution in [0.15, 0.2) is 18.2 Å². The van der Waals surface area contributed by atoms with Crippen LogP contribution in [-0.2, 0) is 11.3 Å². The summed E-state index contributed by atoms with van der Waals surface area (Å²) in [5, 5.41) is 19.0. The third-order valence-electron chi connectivity index (χ3n) is 2.83. The van der Waals surface area contributed by atoms with Crippen LogP contribution >= 0.6 is 0 Å². The molecule has 0 saturated heterocycles. The SMILES string of the molecule is CCCCOCC(O)COc1cc(OC)ccc1CO. The van der Waals surface area contributed by atoms with E-state index in [9.17, 15) is 10.2 Å². The normalized spacial score (nSPS) is 12.2. The van der Waals surface area contributed by atoms with Gasteiger partial charge in [0.2, 0.25) is 0 Å². The standard InChI is InChI=1S/C15H24O5/c1-3-4-7-19-10-13(17)11-20-15-8-14(18-2)6-5-12(15)9-16/h5-6,8,13,16-17H,3-4,7,9-11H2,1-2H3. The molecule has 0 fully saturated rings. The number of hydrogen-bond donors (Lipinski definition) is 2. The van der Waals surface area contributed by atoms with Gasteiger partial charge in [-0.3, -0.25) is 0 Å². The zero-order valence-corrected chi connectivity index (χ0v) is 12.2. The fourth-order valence-corrected chi connectivity index (χ4v) is 1.63. The Labute approximate surface area is 120 Å². The third-order valence-corrected chi connectivity index (χ3v) is 2.83. The Morgan fingerprint density at radius 2 is 2.05 bits per heavy atom. The van der Waals surface area contributed by atoms with E-state index in [1.165, 1.54) is 0 Å². The molecule has 1 aromatic rings. The molecule has 0 spiro atoms. The number of ether oxygens (including phenoxy) is 3. The van der Waals surface area contributed by atoms with Gasteiger partial charge in [-0.25, -0.2) is 0 Å². The van der Waals surface area contributed by atoms with Gasteiger partial charge in [0.15, 0.2) is 0 Å². The van der Waals surface area contributed by atoms with Crippen molar-refractivity contribution in [2.75, 3.05) is 26.9 Å². The fourth-order valence-electron chi connectivity index (χ4n) is 1.63. The predicted octanol–water partition coefficient (Wildman–Crippen LogP) is 1.74. The van der Waals surface area contributed by atoms with E-state index in [2.05, 4.69) is 6.92 Å². The lowest BCUT2D eigenvalue weighted by Crippen LogP contribution is -2.24. The van der Waals surface area contributed by atoms with Crippen molar-refractivity contribution in [1.29, 1.82) is 0 Å². The maximum Gasteiger partial charge on any atom is 0.128 e. The average molecular weight is 284 g/mol. The highest BCUT2D eigenvalue weighted by molar-refractivity contribution is 5.40. The molecule has 0 bridgehead atoms. The minimum atomic E-state index is -0.690. The summed E-state index contributed by atoms with van der Waals surface area (Å²) in [6.45, 7) is 2.98. The van der Waals surface area contributed by atoms with Crippen LogP contribution in [0.25, 0.3) is 0 Å². The summed E-state index contributed by atoms with van der Waals surface area (Å²) in [6.07, 6.45) is 1.36. The minimum Gasteiger partial charge on any atom is -0.497 e. The number of methoxy groups -OCH3 is 1. The molecular weight excluding hydrogens is 260 g/mol. The van der Waals surface area contributed by atoms with Gasteiger partial charge >= 0.3 is 0 Å². The molecule has 20 heavy (non-hydrogen) atoms. The van der Waals surface area contributed by atoms with Crippen LogP contribution in [-0.4, -0.2) is 43.2 Å². The Balaban J connectivity index is 2.43. The molecule has 114 valence electrons. The topological polar surface area (TPSA) is 68.2 Å². The van der Waals surface area contributed by atoms with E-state index in [1.807, 2.05) is 0 Å². The van der Waals surface area contributed by atoms with Crippen LogP contribution in [0.2, 0.25) is 0 Å². The van der Waals surface area contributed by atoms with Gasteiger partial charge in [0.05, 0.1) is 20.3 Å². The highest BCUT2D eigenvalue weighted by atomic mass is 16.5. The molecule has 0 amide bonds. The molecule has 1 atom stereocenters. The number of unbranched alkanes of at least 4 members (excludes halogenated alkanes) is 1. The van der Waals surface area contributed by atoms with Crippen LogP contribution in [0, 0.1) is 0 Å². The molecule has 0 saturated carbocycles. The van der Waals surface area contributed by atoms with Crippen molar-refractivity contribution in [2.24, 2.45) is 0 Å². The van der Waals surface area contributed by atoms with E-state index in [1.54, 1.807) is 25.3 Å². The van der Waals surface area contributed by atoms with E-state index < -0.39 is 6.10 Å².